The molecule has 0 fully saturated rings. The minimum Gasteiger partial charge on any atom is -0.496 e. The summed E-state index contributed by atoms with van der Waals surface area (Å²) >= 11 is 0. The van der Waals surface area contributed by atoms with E-state index in [9.17, 15) is 0 Å². The summed E-state index contributed by atoms with van der Waals surface area (Å²) in [6, 6.07) is 5.19. The number of nitrogens with one attached hydrogen (secondary N) is 2. The fourth-order valence-corrected chi connectivity index (χ4v) is 3.67. The summed E-state index contributed by atoms with van der Waals surface area (Å²) in [5.41, 5.74) is 4.23. The minimum absolute atomic E-state index is 0.0763. The Balaban J connectivity index is 2.01. The van der Waals surface area contributed by atoms with Gasteiger partial charge in [0.2, 0.25) is 0 Å². The number of benzene rings is 1. The van der Waals surface area contributed by atoms with Gasteiger partial charge in [0.15, 0.2) is 17.2 Å². The van der Waals surface area contributed by atoms with Gasteiger partial charge in [0.1, 0.15) is 22.4 Å². The van der Waals surface area contributed by atoms with Gasteiger partial charge in [-0.25, -0.2) is 14.4 Å². The molecule has 0 saturated heterocycles. The Bertz CT molecular complexity index is 1330. The van der Waals surface area contributed by atoms with E-state index >= 15 is 4.39 Å². The molecule has 0 aliphatic heterocycles. The number of H-pyrrole nitrogens is 1. The largest absolute Gasteiger partial charge is 0.496 e. The van der Waals surface area contributed by atoms with Crippen molar-refractivity contribution in [1.29, 1.82) is 0 Å². The zero-order valence-corrected chi connectivity index (χ0v) is 19.0. The lowest BCUT2D eigenvalue weighted by Crippen LogP contribution is -2.27. The minimum atomic E-state index is -0.534. The van der Waals surface area contributed by atoms with Crippen LogP contribution in [0.25, 0.3) is 22.4 Å². The van der Waals surface area contributed by atoms with Crippen molar-refractivity contribution in [2.24, 2.45) is 4.99 Å². The third-order valence-electron chi connectivity index (χ3n) is 5.37. The van der Waals surface area contributed by atoms with Crippen LogP contribution in [0.1, 0.15) is 12.5 Å². The van der Waals surface area contributed by atoms with Gasteiger partial charge in [0, 0.05) is 36.5 Å². The molecule has 0 amide bonds. The maximum atomic E-state index is 15.3. The molecular weight excluding hydrogens is 425 g/mol. The first kappa shape index (κ1) is 22.4. The Morgan fingerprint density at radius 2 is 2.00 bits per heavy atom. The lowest BCUT2D eigenvalue weighted by molar-refractivity contribution is 0.372. The van der Waals surface area contributed by atoms with E-state index in [-0.39, 0.29) is 11.4 Å². The SMILES string of the molecule is CCc1c(OC)cc(OC)c(F)c1/N=c1\ccc2ncc(-c3cn[nH]c3)nc2n1CCNC. The number of fused-ring (bicyclic) bond motifs is 1. The number of aromatic amines is 1. The molecule has 0 unspecified atom stereocenters. The maximum absolute atomic E-state index is 15.3. The fourth-order valence-electron chi connectivity index (χ4n) is 3.67. The van der Waals surface area contributed by atoms with E-state index in [0.29, 0.717) is 53.2 Å². The van der Waals surface area contributed by atoms with Crippen molar-refractivity contribution >= 4 is 16.9 Å². The Kier molecular flexibility index (Phi) is 6.64. The van der Waals surface area contributed by atoms with Crippen molar-refractivity contribution in [2.75, 3.05) is 27.8 Å². The summed E-state index contributed by atoms with van der Waals surface area (Å²) in [6.07, 6.45) is 5.69. The monoisotopic (exact) mass is 451 g/mol. The highest BCUT2D eigenvalue weighted by Crippen LogP contribution is 2.38. The predicted molar refractivity (Wildman–Crippen MR) is 123 cm³/mol. The van der Waals surface area contributed by atoms with Gasteiger partial charge >= 0.3 is 0 Å². The Morgan fingerprint density at radius 3 is 2.67 bits per heavy atom. The number of ether oxygens (including phenoxy) is 2. The number of hydrogen-bond acceptors (Lipinski definition) is 7. The molecule has 0 aliphatic carbocycles. The molecule has 0 bridgehead atoms. The molecule has 0 radical (unpaired) electrons. The molecule has 0 atom stereocenters. The zero-order chi connectivity index (χ0) is 23.4. The van der Waals surface area contributed by atoms with Gasteiger partial charge in [-0.1, -0.05) is 6.92 Å². The highest BCUT2D eigenvalue weighted by molar-refractivity contribution is 5.73. The molecule has 2 N–H and O–H groups in total. The Morgan fingerprint density at radius 1 is 1.18 bits per heavy atom. The molecule has 0 spiro atoms. The van der Waals surface area contributed by atoms with Gasteiger partial charge < -0.3 is 19.4 Å². The summed E-state index contributed by atoms with van der Waals surface area (Å²) in [7, 11) is 4.84. The number of rotatable bonds is 8. The quantitative estimate of drug-likeness (QED) is 0.427. The van der Waals surface area contributed by atoms with Crippen LogP contribution < -0.4 is 20.3 Å². The van der Waals surface area contributed by atoms with Crippen LogP contribution in [0, 0.1) is 5.82 Å². The topological polar surface area (TPSA) is 102 Å². The molecule has 3 heterocycles. The zero-order valence-electron chi connectivity index (χ0n) is 19.0. The number of methoxy groups -OCH3 is 2. The smallest absolute Gasteiger partial charge is 0.191 e. The van der Waals surface area contributed by atoms with Crippen molar-refractivity contribution in [3.05, 3.63) is 53.7 Å². The van der Waals surface area contributed by atoms with Gasteiger partial charge in [-0.15, -0.1) is 0 Å². The first-order chi connectivity index (χ1) is 16.1. The summed E-state index contributed by atoms with van der Waals surface area (Å²) in [4.78, 5) is 14.1. The number of hydrogen-bond donors (Lipinski definition) is 2. The number of nitrogens with zero attached hydrogens (tertiary/aromatic N) is 5. The molecule has 10 heteroatoms. The van der Waals surface area contributed by atoms with E-state index in [2.05, 4.69) is 20.5 Å². The summed E-state index contributed by atoms with van der Waals surface area (Å²) in [6.45, 7) is 3.15. The van der Waals surface area contributed by atoms with Crippen LogP contribution in [0.5, 0.6) is 11.5 Å². The number of likely N-dealkylation sites (N-methyl/N-ethyl adjacent to an activating group) is 1. The summed E-state index contributed by atoms with van der Waals surface area (Å²) in [5.74, 6) is 0.0696. The van der Waals surface area contributed by atoms with Crippen molar-refractivity contribution in [3.63, 3.8) is 0 Å². The normalized spacial score (nSPS) is 11.8. The molecule has 3 aromatic heterocycles. The van der Waals surface area contributed by atoms with Gasteiger partial charge in [-0.05, 0) is 25.6 Å². The van der Waals surface area contributed by atoms with Crippen molar-refractivity contribution in [2.45, 2.75) is 19.9 Å². The van der Waals surface area contributed by atoms with E-state index in [1.165, 1.54) is 7.11 Å². The van der Waals surface area contributed by atoms with E-state index in [1.54, 1.807) is 31.8 Å². The van der Waals surface area contributed by atoms with Crippen molar-refractivity contribution in [1.82, 2.24) is 30.0 Å². The van der Waals surface area contributed by atoms with Gasteiger partial charge in [-0.3, -0.25) is 10.1 Å². The van der Waals surface area contributed by atoms with E-state index in [4.69, 9.17) is 19.5 Å². The fraction of sp³-hybridized carbons (Fsp3) is 0.304. The highest BCUT2D eigenvalue weighted by atomic mass is 19.1. The van der Waals surface area contributed by atoms with Crippen LogP contribution >= 0.6 is 0 Å². The molecule has 172 valence electrons. The predicted octanol–water partition coefficient (Wildman–Crippen LogP) is 2.99. The van der Waals surface area contributed by atoms with Gasteiger partial charge in [-0.2, -0.15) is 5.10 Å². The van der Waals surface area contributed by atoms with E-state index in [1.807, 2.05) is 30.7 Å². The Hall–Kier alpha value is -3.79. The first-order valence-electron chi connectivity index (χ1n) is 10.6. The first-order valence-corrected chi connectivity index (χ1v) is 10.6. The third-order valence-corrected chi connectivity index (χ3v) is 5.37. The molecule has 0 aliphatic rings. The van der Waals surface area contributed by atoms with Crippen LogP contribution in [0.4, 0.5) is 10.1 Å². The Labute approximate surface area is 190 Å². The number of aromatic nitrogens is 5. The van der Waals surface area contributed by atoms with Crippen molar-refractivity contribution < 1.29 is 13.9 Å². The average molecular weight is 452 g/mol. The maximum Gasteiger partial charge on any atom is 0.191 e. The second kappa shape index (κ2) is 9.78. The molecule has 0 saturated carbocycles. The van der Waals surface area contributed by atoms with Crippen LogP contribution in [-0.2, 0) is 13.0 Å². The molecule has 4 rings (SSSR count). The number of pyridine rings is 1. The van der Waals surface area contributed by atoms with Gasteiger partial charge in [0.05, 0.1) is 32.3 Å². The highest BCUT2D eigenvalue weighted by Gasteiger charge is 2.19. The van der Waals surface area contributed by atoms with Crippen LogP contribution in [0.3, 0.4) is 0 Å². The van der Waals surface area contributed by atoms with E-state index < -0.39 is 5.82 Å². The third kappa shape index (κ3) is 4.29. The second-order valence-electron chi connectivity index (χ2n) is 7.29. The summed E-state index contributed by atoms with van der Waals surface area (Å²) < 4.78 is 28.0. The lowest BCUT2D eigenvalue weighted by atomic mass is 10.1. The van der Waals surface area contributed by atoms with Gasteiger partial charge in [0.25, 0.3) is 0 Å². The van der Waals surface area contributed by atoms with Crippen LogP contribution in [0.2, 0.25) is 0 Å². The van der Waals surface area contributed by atoms with E-state index in [0.717, 1.165) is 5.56 Å². The summed E-state index contributed by atoms with van der Waals surface area (Å²) in [5, 5.41) is 9.93. The van der Waals surface area contributed by atoms with Crippen LogP contribution in [0.15, 0.2) is 41.8 Å². The molecule has 4 aromatic rings. The number of halogens is 1. The molecule has 33 heavy (non-hydrogen) atoms. The molecular formula is C23H26FN7O2. The standard InChI is InChI=1S/C23H26FN7O2/c1-5-15-18(32-3)10-19(33-4)21(24)22(15)30-20-7-6-16-23(31(20)9-8-25-2)29-17(13-26-16)14-11-27-28-12-14/h6-7,10-13,25H,5,8-9H2,1-4H3,(H,27,28)/b30-20+. The van der Waals surface area contributed by atoms with Crippen molar-refractivity contribution in [3.8, 4) is 22.8 Å². The average Bonchev–Trinajstić information content (AvgIpc) is 3.39. The second-order valence-corrected chi connectivity index (χ2v) is 7.29. The molecule has 1 aromatic carbocycles. The molecule has 9 nitrogen and oxygen atoms in total. The van der Waals surface area contributed by atoms with Crippen LogP contribution in [-0.4, -0.2) is 52.5 Å². The lowest BCUT2D eigenvalue weighted by Gasteiger charge is -2.15.